The van der Waals surface area contributed by atoms with Crippen LogP contribution in [0.1, 0.15) is 67.2 Å². The van der Waals surface area contributed by atoms with Gasteiger partial charge in [0.2, 0.25) is 0 Å². The Morgan fingerprint density at radius 3 is 2.06 bits per heavy atom. The molecule has 0 aromatic rings. The number of rotatable bonds is 10. The zero-order chi connectivity index (χ0) is 13.3. The second kappa shape index (κ2) is 8.93. The molecule has 1 atom stereocenters. The van der Waals surface area contributed by atoms with E-state index in [9.17, 15) is 0 Å². The van der Waals surface area contributed by atoms with E-state index in [4.69, 9.17) is 4.74 Å². The van der Waals surface area contributed by atoms with Crippen molar-refractivity contribution in [3.8, 4) is 0 Å². The molecule has 0 amide bonds. The zero-order valence-electron chi connectivity index (χ0n) is 12.8. The topological polar surface area (TPSA) is 21.3 Å². The van der Waals surface area contributed by atoms with Crippen LogP contribution in [0, 0.1) is 5.92 Å². The lowest BCUT2D eigenvalue weighted by Gasteiger charge is -2.37. The predicted molar refractivity (Wildman–Crippen MR) is 76.5 cm³/mol. The van der Waals surface area contributed by atoms with Crippen molar-refractivity contribution >= 4 is 0 Å². The summed E-state index contributed by atoms with van der Waals surface area (Å²) in [7, 11) is 0. The molecule has 104 valence electrons. The summed E-state index contributed by atoms with van der Waals surface area (Å²) in [6, 6.07) is 0.465. The van der Waals surface area contributed by atoms with Crippen molar-refractivity contribution in [3.63, 3.8) is 0 Å². The Morgan fingerprint density at radius 1 is 1.06 bits per heavy atom. The summed E-state index contributed by atoms with van der Waals surface area (Å²) >= 11 is 0. The van der Waals surface area contributed by atoms with Crippen LogP contribution < -0.4 is 5.32 Å². The van der Waals surface area contributed by atoms with E-state index in [-0.39, 0.29) is 5.60 Å². The molecular formula is C15H33NO. The minimum absolute atomic E-state index is 0.0630. The Kier molecular flexibility index (Phi) is 8.89. The molecule has 1 N–H and O–H groups in total. The van der Waals surface area contributed by atoms with Gasteiger partial charge in [-0.25, -0.2) is 0 Å². The Hall–Kier alpha value is -0.0800. The highest BCUT2D eigenvalue weighted by atomic mass is 16.5. The maximum Gasteiger partial charge on any atom is 0.0778 e. The SMILES string of the molecule is CCCNC(CC(CC)CC)C(C)(C)OCC. The summed E-state index contributed by atoms with van der Waals surface area (Å²) in [5, 5.41) is 3.67. The van der Waals surface area contributed by atoms with E-state index in [0.717, 1.165) is 19.1 Å². The molecule has 0 saturated heterocycles. The van der Waals surface area contributed by atoms with E-state index >= 15 is 0 Å². The fourth-order valence-corrected chi connectivity index (χ4v) is 2.36. The highest BCUT2D eigenvalue weighted by Crippen LogP contribution is 2.24. The van der Waals surface area contributed by atoms with Gasteiger partial charge in [0, 0.05) is 12.6 Å². The van der Waals surface area contributed by atoms with Gasteiger partial charge in [-0.15, -0.1) is 0 Å². The lowest BCUT2D eigenvalue weighted by Crippen LogP contribution is -2.49. The van der Waals surface area contributed by atoms with Crippen LogP contribution >= 0.6 is 0 Å². The molecular weight excluding hydrogens is 210 g/mol. The maximum atomic E-state index is 5.92. The standard InChI is InChI=1S/C15H33NO/c1-7-11-16-14(12-13(8-2)9-3)15(5,6)17-10-4/h13-14,16H,7-12H2,1-6H3. The Morgan fingerprint density at radius 2 is 1.65 bits per heavy atom. The van der Waals surface area contributed by atoms with Crippen molar-refractivity contribution in [2.75, 3.05) is 13.2 Å². The first-order chi connectivity index (χ1) is 8.01. The first kappa shape index (κ1) is 16.9. The van der Waals surface area contributed by atoms with E-state index in [1.807, 2.05) is 0 Å². The van der Waals surface area contributed by atoms with E-state index in [2.05, 4.69) is 46.9 Å². The molecule has 0 aliphatic heterocycles. The summed E-state index contributed by atoms with van der Waals surface area (Å²) in [5.74, 6) is 0.809. The van der Waals surface area contributed by atoms with E-state index in [1.54, 1.807) is 0 Å². The summed E-state index contributed by atoms with van der Waals surface area (Å²) in [4.78, 5) is 0. The van der Waals surface area contributed by atoms with Gasteiger partial charge in [-0.3, -0.25) is 0 Å². The lowest BCUT2D eigenvalue weighted by molar-refractivity contribution is -0.0438. The van der Waals surface area contributed by atoms with Crippen LogP contribution in [-0.4, -0.2) is 24.8 Å². The van der Waals surface area contributed by atoms with E-state index < -0.39 is 0 Å². The summed E-state index contributed by atoms with van der Waals surface area (Å²) < 4.78 is 5.92. The van der Waals surface area contributed by atoms with Crippen molar-refractivity contribution in [1.82, 2.24) is 5.32 Å². The van der Waals surface area contributed by atoms with Crippen LogP contribution in [0.25, 0.3) is 0 Å². The molecule has 0 saturated carbocycles. The van der Waals surface area contributed by atoms with Crippen LogP contribution in [0.2, 0.25) is 0 Å². The van der Waals surface area contributed by atoms with Crippen LogP contribution in [0.5, 0.6) is 0 Å². The van der Waals surface area contributed by atoms with Gasteiger partial charge in [-0.05, 0) is 46.1 Å². The molecule has 0 spiro atoms. The largest absolute Gasteiger partial charge is 0.374 e. The molecule has 1 unspecified atom stereocenters. The fraction of sp³-hybridized carbons (Fsp3) is 1.00. The molecule has 0 fully saturated rings. The number of hydrogen-bond acceptors (Lipinski definition) is 2. The third-order valence-electron chi connectivity index (χ3n) is 3.72. The van der Waals surface area contributed by atoms with Gasteiger partial charge in [0.1, 0.15) is 0 Å². The summed E-state index contributed by atoms with van der Waals surface area (Å²) in [6.07, 6.45) is 4.94. The molecule has 17 heavy (non-hydrogen) atoms. The first-order valence-corrected chi connectivity index (χ1v) is 7.39. The Balaban J connectivity index is 4.50. The predicted octanol–water partition coefficient (Wildman–Crippen LogP) is 4.00. The summed E-state index contributed by atoms with van der Waals surface area (Å²) in [6.45, 7) is 15.2. The quantitative estimate of drug-likeness (QED) is 0.626. The molecule has 0 radical (unpaired) electrons. The molecule has 0 aliphatic carbocycles. The smallest absolute Gasteiger partial charge is 0.0778 e. The molecule has 0 bridgehead atoms. The molecule has 2 heteroatoms. The molecule has 0 aromatic heterocycles. The number of hydrogen-bond donors (Lipinski definition) is 1. The lowest BCUT2D eigenvalue weighted by atomic mass is 9.86. The van der Waals surface area contributed by atoms with Crippen molar-refractivity contribution in [1.29, 1.82) is 0 Å². The van der Waals surface area contributed by atoms with Crippen LogP contribution in [-0.2, 0) is 4.74 Å². The van der Waals surface area contributed by atoms with Gasteiger partial charge in [-0.2, -0.15) is 0 Å². The van der Waals surface area contributed by atoms with E-state index in [1.165, 1.54) is 25.7 Å². The van der Waals surface area contributed by atoms with Crippen LogP contribution in [0.15, 0.2) is 0 Å². The molecule has 0 aromatic carbocycles. The minimum Gasteiger partial charge on any atom is -0.374 e. The third-order valence-corrected chi connectivity index (χ3v) is 3.72. The van der Waals surface area contributed by atoms with Gasteiger partial charge >= 0.3 is 0 Å². The number of ether oxygens (including phenoxy) is 1. The van der Waals surface area contributed by atoms with Crippen LogP contribution in [0.4, 0.5) is 0 Å². The van der Waals surface area contributed by atoms with Crippen molar-refractivity contribution in [2.45, 2.75) is 78.9 Å². The van der Waals surface area contributed by atoms with Crippen molar-refractivity contribution in [3.05, 3.63) is 0 Å². The van der Waals surface area contributed by atoms with Crippen molar-refractivity contribution in [2.24, 2.45) is 5.92 Å². The van der Waals surface area contributed by atoms with E-state index in [0.29, 0.717) is 6.04 Å². The second-order valence-electron chi connectivity index (χ2n) is 5.46. The average molecular weight is 243 g/mol. The molecule has 0 aliphatic rings. The van der Waals surface area contributed by atoms with Gasteiger partial charge in [0.05, 0.1) is 5.60 Å². The molecule has 0 rings (SSSR count). The van der Waals surface area contributed by atoms with Gasteiger partial charge in [0.25, 0.3) is 0 Å². The molecule has 0 heterocycles. The fourth-order valence-electron chi connectivity index (χ4n) is 2.36. The Bertz CT molecular complexity index is 176. The first-order valence-electron chi connectivity index (χ1n) is 7.39. The highest BCUT2D eigenvalue weighted by Gasteiger charge is 2.30. The third kappa shape index (κ3) is 6.42. The Labute approximate surface area is 109 Å². The van der Waals surface area contributed by atoms with Gasteiger partial charge < -0.3 is 10.1 Å². The van der Waals surface area contributed by atoms with Gasteiger partial charge in [0.15, 0.2) is 0 Å². The minimum atomic E-state index is -0.0630. The van der Waals surface area contributed by atoms with Gasteiger partial charge in [-0.1, -0.05) is 33.6 Å². The number of nitrogens with one attached hydrogen (secondary N) is 1. The zero-order valence-corrected chi connectivity index (χ0v) is 12.8. The summed E-state index contributed by atoms with van der Waals surface area (Å²) in [5.41, 5.74) is -0.0630. The molecule has 2 nitrogen and oxygen atoms in total. The highest BCUT2D eigenvalue weighted by molar-refractivity contribution is 4.87. The monoisotopic (exact) mass is 243 g/mol. The van der Waals surface area contributed by atoms with Crippen molar-refractivity contribution < 1.29 is 4.74 Å². The normalized spacial score (nSPS) is 14.3. The van der Waals surface area contributed by atoms with Crippen LogP contribution in [0.3, 0.4) is 0 Å². The second-order valence-corrected chi connectivity index (χ2v) is 5.46. The average Bonchev–Trinajstić information content (AvgIpc) is 2.29. The maximum absolute atomic E-state index is 5.92.